The summed E-state index contributed by atoms with van der Waals surface area (Å²) < 4.78 is 86.2. The fourth-order valence-corrected chi connectivity index (χ4v) is 10.1. The van der Waals surface area contributed by atoms with Crippen molar-refractivity contribution in [2.75, 3.05) is 42.9 Å². The fourth-order valence-electron chi connectivity index (χ4n) is 9.58. The van der Waals surface area contributed by atoms with Gasteiger partial charge in [-0.05, 0) is 108 Å². The molecular formula is C42H47F6N9O4S. The minimum absolute atomic E-state index is 0.0273. The molecule has 0 bridgehead atoms. The Morgan fingerprint density at radius 1 is 1.03 bits per heavy atom. The molecule has 0 spiro atoms. The van der Waals surface area contributed by atoms with Crippen LogP contribution in [0.15, 0.2) is 36.4 Å². The van der Waals surface area contributed by atoms with Crippen LogP contribution in [0.1, 0.15) is 88.0 Å². The number of anilines is 2. The van der Waals surface area contributed by atoms with Gasteiger partial charge in [0.15, 0.2) is 5.11 Å². The molecule has 1 unspecified atom stereocenters. The molecule has 2 N–H and O–H groups in total. The van der Waals surface area contributed by atoms with Gasteiger partial charge in [0.1, 0.15) is 11.6 Å². The van der Waals surface area contributed by atoms with Crippen LogP contribution in [0.25, 0.3) is 10.9 Å². The molecule has 3 aromatic rings. The van der Waals surface area contributed by atoms with E-state index in [1.54, 1.807) is 50.1 Å². The monoisotopic (exact) mass is 887 g/mol. The minimum Gasteiger partial charge on any atom is -0.331 e. The predicted molar refractivity (Wildman–Crippen MR) is 219 cm³/mol. The maximum atomic E-state index is 14.5. The van der Waals surface area contributed by atoms with Gasteiger partial charge in [0.2, 0.25) is 17.7 Å². The number of halogens is 6. The lowest BCUT2D eigenvalue weighted by molar-refractivity contribution is -0.197. The topological polar surface area (TPSA) is 147 Å². The van der Waals surface area contributed by atoms with Gasteiger partial charge in [0.25, 0.3) is 5.91 Å². The van der Waals surface area contributed by atoms with Crippen molar-refractivity contribution in [1.82, 2.24) is 29.8 Å². The van der Waals surface area contributed by atoms with E-state index in [1.165, 1.54) is 10.7 Å². The number of para-hydroxylation sites is 1. The van der Waals surface area contributed by atoms with Crippen molar-refractivity contribution >= 4 is 63.2 Å². The summed E-state index contributed by atoms with van der Waals surface area (Å²) >= 11 is 5.72. The van der Waals surface area contributed by atoms with Crippen LogP contribution in [0.2, 0.25) is 0 Å². The summed E-state index contributed by atoms with van der Waals surface area (Å²) in [6.07, 6.45) is -4.61. The van der Waals surface area contributed by atoms with Gasteiger partial charge in [0.05, 0.1) is 52.2 Å². The van der Waals surface area contributed by atoms with Gasteiger partial charge in [-0.2, -0.15) is 36.7 Å². The summed E-state index contributed by atoms with van der Waals surface area (Å²) in [5.41, 5.74) is -1.61. The molecule has 332 valence electrons. The summed E-state index contributed by atoms with van der Waals surface area (Å²) in [7, 11) is 1.64. The quantitative estimate of drug-likeness (QED) is 0.137. The summed E-state index contributed by atoms with van der Waals surface area (Å²) in [5.74, 6) is -2.29. The largest absolute Gasteiger partial charge is 0.417 e. The maximum Gasteiger partial charge on any atom is 0.417 e. The number of amides is 4. The van der Waals surface area contributed by atoms with Gasteiger partial charge in [-0.25, -0.2) is 0 Å². The normalized spacial score (nSPS) is 24.1. The second-order valence-electron chi connectivity index (χ2n) is 17.1. The Labute approximate surface area is 359 Å². The molecule has 4 aliphatic rings. The summed E-state index contributed by atoms with van der Waals surface area (Å²) in [5, 5.41) is 19.5. The molecular weight excluding hydrogens is 841 g/mol. The van der Waals surface area contributed by atoms with Crippen LogP contribution in [0.5, 0.6) is 0 Å². The molecule has 20 heteroatoms. The molecule has 2 aromatic carbocycles. The molecule has 3 aliphatic heterocycles. The number of carbonyl (C=O) groups is 4. The number of fused-ring (bicyclic) bond motifs is 1. The first kappa shape index (κ1) is 44.9. The number of benzene rings is 2. The molecule has 1 saturated carbocycles. The van der Waals surface area contributed by atoms with Crippen LogP contribution >= 0.6 is 12.2 Å². The molecule has 4 fully saturated rings. The molecule has 1 aromatic heterocycles. The first-order valence-corrected chi connectivity index (χ1v) is 21.0. The van der Waals surface area contributed by atoms with Gasteiger partial charge in [0, 0.05) is 44.5 Å². The molecule has 4 heterocycles. The number of piperazine rings is 1. The first-order chi connectivity index (χ1) is 29.2. The van der Waals surface area contributed by atoms with Crippen LogP contribution in [-0.2, 0) is 32.4 Å². The van der Waals surface area contributed by atoms with Crippen molar-refractivity contribution < 1.29 is 45.5 Å². The molecule has 62 heavy (non-hydrogen) atoms. The van der Waals surface area contributed by atoms with E-state index in [4.69, 9.17) is 12.2 Å². The zero-order valence-corrected chi connectivity index (χ0v) is 35.2. The third-order valence-electron chi connectivity index (χ3n) is 12.7. The summed E-state index contributed by atoms with van der Waals surface area (Å²) in [6.45, 7) is 3.42. The highest BCUT2D eigenvalue weighted by atomic mass is 32.1. The fraction of sp³-hybridized carbons (Fsp3) is 0.548. The average Bonchev–Trinajstić information content (AvgIpc) is 3.63. The SMILES string of the molecule is Cn1nc(C2CCC(=O)NC2=O)c2cccc(NC(=O)CN3CCN(CCC[C@H]4CC[C@H](N5C(=S)N(c6ccc(C#N)c(C(F)(F)F)c6)C(=O)C5(C)C)CC4)C[C@@H]3C(F)(F)F)c21. The number of nitrogens with zero attached hydrogens (tertiary/aromatic N) is 7. The molecule has 13 nitrogen and oxygen atoms in total. The maximum absolute atomic E-state index is 14.5. The van der Waals surface area contributed by atoms with Crippen LogP contribution < -0.4 is 15.5 Å². The van der Waals surface area contributed by atoms with Crippen molar-refractivity contribution in [3.05, 3.63) is 53.2 Å². The first-order valence-electron chi connectivity index (χ1n) is 20.6. The van der Waals surface area contributed by atoms with Crippen LogP contribution in [-0.4, -0.2) is 110 Å². The third-order valence-corrected chi connectivity index (χ3v) is 13.1. The van der Waals surface area contributed by atoms with Crippen LogP contribution in [0.3, 0.4) is 0 Å². The van der Waals surface area contributed by atoms with Gasteiger partial charge >= 0.3 is 12.4 Å². The number of alkyl halides is 6. The van der Waals surface area contributed by atoms with Crippen molar-refractivity contribution in [3.8, 4) is 6.07 Å². The number of aryl methyl sites for hydroxylation is 1. The van der Waals surface area contributed by atoms with E-state index in [2.05, 4.69) is 15.7 Å². The summed E-state index contributed by atoms with van der Waals surface area (Å²) in [6, 6.07) is 7.68. The molecule has 3 saturated heterocycles. The third kappa shape index (κ3) is 8.89. The van der Waals surface area contributed by atoms with Crippen molar-refractivity contribution in [2.45, 2.75) is 101 Å². The van der Waals surface area contributed by atoms with Crippen molar-refractivity contribution in [2.24, 2.45) is 13.0 Å². The van der Waals surface area contributed by atoms with E-state index in [1.807, 2.05) is 4.90 Å². The Balaban J connectivity index is 0.910. The molecule has 7 rings (SSSR count). The van der Waals surface area contributed by atoms with E-state index in [0.29, 0.717) is 54.6 Å². The van der Waals surface area contributed by atoms with Gasteiger partial charge in [-0.1, -0.05) is 12.1 Å². The van der Waals surface area contributed by atoms with Crippen LogP contribution in [0, 0.1) is 17.2 Å². The number of imide groups is 1. The lowest BCUT2D eigenvalue weighted by Gasteiger charge is -2.42. The highest BCUT2D eigenvalue weighted by Crippen LogP contribution is 2.42. The van der Waals surface area contributed by atoms with E-state index in [9.17, 15) is 50.8 Å². The second kappa shape index (κ2) is 17.2. The van der Waals surface area contributed by atoms with E-state index < -0.39 is 65.2 Å². The number of piperidine rings is 1. The van der Waals surface area contributed by atoms with E-state index in [-0.39, 0.29) is 54.6 Å². The Hall–Kier alpha value is -5.13. The molecule has 4 amide bonds. The van der Waals surface area contributed by atoms with Crippen molar-refractivity contribution in [1.29, 1.82) is 5.26 Å². The lowest BCUT2D eigenvalue weighted by Crippen LogP contribution is -2.60. The highest BCUT2D eigenvalue weighted by molar-refractivity contribution is 7.80. The zero-order chi connectivity index (χ0) is 44.9. The number of nitriles is 1. The summed E-state index contributed by atoms with van der Waals surface area (Å²) in [4.78, 5) is 57.1. The number of hydrogen-bond donors (Lipinski definition) is 2. The second-order valence-corrected chi connectivity index (χ2v) is 17.5. The molecule has 1 aliphatic carbocycles. The van der Waals surface area contributed by atoms with Crippen LogP contribution in [0.4, 0.5) is 37.7 Å². The van der Waals surface area contributed by atoms with Gasteiger partial charge in [-0.3, -0.25) is 39.0 Å². The number of nitrogens with one attached hydrogen (secondary N) is 2. The molecule has 2 atom stereocenters. The number of aromatic nitrogens is 2. The number of carbonyl (C=O) groups excluding carboxylic acids is 4. The Bertz CT molecular complexity index is 2320. The Morgan fingerprint density at radius 3 is 2.42 bits per heavy atom. The van der Waals surface area contributed by atoms with Gasteiger partial charge in [-0.15, -0.1) is 0 Å². The predicted octanol–water partition coefficient (Wildman–Crippen LogP) is 6.22. The highest BCUT2D eigenvalue weighted by Gasteiger charge is 2.53. The van der Waals surface area contributed by atoms with Crippen molar-refractivity contribution in [3.63, 3.8) is 0 Å². The Morgan fingerprint density at radius 2 is 1.76 bits per heavy atom. The standard InChI is InChI=1S/C42H47F6N9O4S/c1-40(2)38(61)56(27-14-11-25(21-49)30(20-27)41(43,44)45)39(62)57(40)26-12-9-24(10-13-26)6-5-17-54-18-19-55(32(22-54)42(46,47)48)23-34(59)50-31-8-4-7-28-35(52-53(3)36(28)31)29-15-16-33(58)51-37(29)60/h4,7-8,11,14,20,24,26,29,32H,5-6,9-10,12-13,15-19,22-23H2,1-3H3,(H,50,59)(H,51,58,60)/t24-,26-,29?,32-/m1/s1. The molecule has 0 radical (unpaired) electrons. The number of rotatable bonds is 10. The number of hydrogen-bond acceptors (Lipinski definition) is 9. The number of thiocarbonyl (C=S) groups is 1. The minimum atomic E-state index is -4.81. The van der Waals surface area contributed by atoms with E-state index >= 15 is 0 Å². The van der Waals surface area contributed by atoms with Gasteiger partial charge < -0.3 is 15.1 Å². The van der Waals surface area contributed by atoms with E-state index in [0.717, 1.165) is 41.2 Å². The average molecular weight is 888 g/mol. The zero-order valence-electron chi connectivity index (χ0n) is 34.4. The smallest absolute Gasteiger partial charge is 0.331 e. The lowest BCUT2D eigenvalue weighted by atomic mass is 9.82. The Kier molecular flexibility index (Phi) is 12.5.